The maximum absolute atomic E-state index is 11.8. The molecule has 1 aliphatic rings. The van der Waals surface area contributed by atoms with Crippen molar-refractivity contribution in [2.24, 2.45) is 4.99 Å². The lowest BCUT2D eigenvalue weighted by atomic mass is 10.3. The molecule has 0 unspecified atom stereocenters. The summed E-state index contributed by atoms with van der Waals surface area (Å²) in [5.74, 6) is 0.160. The molecule has 1 aromatic heterocycles. The predicted octanol–water partition coefficient (Wildman–Crippen LogP) is 0.821. The molecule has 0 saturated heterocycles. The minimum absolute atomic E-state index is 0.233. The number of nitrogens with zero attached hydrogens (tertiary/aromatic N) is 3. The van der Waals surface area contributed by atoms with Crippen LogP contribution >= 0.6 is 11.3 Å². The van der Waals surface area contributed by atoms with E-state index < -0.39 is 0 Å². The summed E-state index contributed by atoms with van der Waals surface area (Å²) < 4.78 is 0. The van der Waals surface area contributed by atoms with Crippen LogP contribution in [0.2, 0.25) is 0 Å². The Morgan fingerprint density at radius 2 is 2.41 bits per heavy atom. The number of hydrogen-bond donors (Lipinski definition) is 2. The van der Waals surface area contributed by atoms with Crippen molar-refractivity contribution in [3.05, 3.63) is 5.01 Å². The summed E-state index contributed by atoms with van der Waals surface area (Å²) in [7, 11) is 0. The highest BCUT2D eigenvalue weighted by atomic mass is 32.1. The minimum atomic E-state index is -0.233. The summed E-state index contributed by atoms with van der Waals surface area (Å²) in [5, 5.41) is 15.1. The number of amides is 1. The van der Waals surface area contributed by atoms with Gasteiger partial charge in [-0.1, -0.05) is 18.3 Å². The van der Waals surface area contributed by atoms with E-state index >= 15 is 0 Å². The summed E-state index contributed by atoms with van der Waals surface area (Å²) in [5.41, 5.74) is 0. The van der Waals surface area contributed by atoms with Crippen molar-refractivity contribution < 1.29 is 4.79 Å². The number of rotatable bonds is 4. The Morgan fingerprint density at radius 3 is 3.12 bits per heavy atom. The van der Waals surface area contributed by atoms with E-state index in [1.807, 2.05) is 0 Å². The van der Waals surface area contributed by atoms with E-state index in [1.54, 1.807) is 0 Å². The normalized spacial score (nSPS) is 15.0. The van der Waals surface area contributed by atoms with Crippen molar-refractivity contribution in [3.8, 4) is 0 Å². The van der Waals surface area contributed by atoms with Crippen LogP contribution in [0.3, 0.4) is 0 Å². The van der Waals surface area contributed by atoms with Gasteiger partial charge in [-0.05, 0) is 12.8 Å². The first kappa shape index (κ1) is 12.0. The van der Waals surface area contributed by atoms with E-state index in [0.717, 1.165) is 30.8 Å². The lowest BCUT2D eigenvalue weighted by molar-refractivity contribution is -0.110. The molecule has 2 rings (SSSR count). The molecule has 6 nitrogen and oxygen atoms in total. The summed E-state index contributed by atoms with van der Waals surface area (Å²) in [6, 6.07) is 0. The van der Waals surface area contributed by atoms with E-state index in [2.05, 4.69) is 32.7 Å². The van der Waals surface area contributed by atoms with Crippen molar-refractivity contribution in [2.75, 3.05) is 18.4 Å². The van der Waals surface area contributed by atoms with Gasteiger partial charge in [-0.3, -0.25) is 15.1 Å². The number of nitrogens with one attached hydrogen (secondary N) is 2. The van der Waals surface area contributed by atoms with E-state index in [4.69, 9.17) is 0 Å². The average molecular weight is 253 g/mol. The first-order valence-electron chi connectivity index (χ1n) is 5.71. The Kier molecular flexibility index (Phi) is 4.03. The summed E-state index contributed by atoms with van der Waals surface area (Å²) in [6.07, 6.45) is 2.89. The van der Waals surface area contributed by atoms with Gasteiger partial charge >= 0.3 is 0 Å². The standard InChI is InChI=1S/C10H15N5OS/c1-2-4-7-14-15-10(17-7)13-9(16)8-11-5-3-6-12-8/h2-6H2,1H3,(H,11,12)(H,13,15,16). The van der Waals surface area contributed by atoms with Crippen molar-refractivity contribution in [2.45, 2.75) is 26.2 Å². The quantitative estimate of drug-likeness (QED) is 0.832. The molecule has 0 spiro atoms. The van der Waals surface area contributed by atoms with E-state index in [9.17, 15) is 4.79 Å². The first-order chi connectivity index (χ1) is 8.29. The maximum atomic E-state index is 11.8. The molecule has 0 radical (unpaired) electrons. The third-order valence-corrected chi connectivity index (χ3v) is 3.16. The van der Waals surface area contributed by atoms with Crippen LogP contribution in [0.25, 0.3) is 0 Å². The zero-order valence-corrected chi connectivity index (χ0v) is 10.5. The van der Waals surface area contributed by atoms with E-state index in [1.165, 1.54) is 11.3 Å². The number of carbonyl (C=O) groups excluding carboxylic acids is 1. The highest BCUT2D eigenvalue weighted by Crippen LogP contribution is 2.16. The maximum Gasteiger partial charge on any atom is 0.292 e. The molecule has 0 bridgehead atoms. The highest BCUT2D eigenvalue weighted by molar-refractivity contribution is 7.15. The zero-order valence-electron chi connectivity index (χ0n) is 9.69. The largest absolute Gasteiger partial charge is 0.366 e. The third kappa shape index (κ3) is 3.23. The number of aryl methyl sites for hydroxylation is 1. The van der Waals surface area contributed by atoms with Crippen LogP contribution in [-0.2, 0) is 11.2 Å². The van der Waals surface area contributed by atoms with Crippen molar-refractivity contribution >= 4 is 28.2 Å². The van der Waals surface area contributed by atoms with Gasteiger partial charge in [-0.15, -0.1) is 10.2 Å². The van der Waals surface area contributed by atoms with Crippen LogP contribution in [0, 0.1) is 0 Å². The highest BCUT2D eigenvalue weighted by Gasteiger charge is 2.15. The van der Waals surface area contributed by atoms with Crippen LogP contribution < -0.4 is 10.6 Å². The molecule has 92 valence electrons. The van der Waals surface area contributed by atoms with Crippen molar-refractivity contribution in [3.63, 3.8) is 0 Å². The Balaban J connectivity index is 1.95. The Morgan fingerprint density at radius 1 is 1.53 bits per heavy atom. The van der Waals surface area contributed by atoms with Gasteiger partial charge in [0.15, 0.2) is 5.84 Å². The van der Waals surface area contributed by atoms with Crippen LogP contribution in [0.4, 0.5) is 5.13 Å². The number of carbonyl (C=O) groups is 1. The Labute approximate surface area is 104 Å². The molecule has 2 heterocycles. The smallest absolute Gasteiger partial charge is 0.292 e. The van der Waals surface area contributed by atoms with Gasteiger partial charge in [0.2, 0.25) is 5.13 Å². The zero-order chi connectivity index (χ0) is 12.1. The van der Waals surface area contributed by atoms with Crippen LogP contribution in [0.5, 0.6) is 0 Å². The second-order valence-corrected chi connectivity index (χ2v) is 4.78. The average Bonchev–Trinajstić information content (AvgIpc) is 2.78. The molecule has 1 amide bonds. The molecule has 7 heteroatoms. The number of aromatic nitrogens is 2. The second kappa shape index (κ2) is 5.72. The molecule has 2 N–H and O–H groups in total. The lowest BCUT2D eigenvalue weighted by Gasteiger charge is -2.12. The van der Waals surface area contributed by atoms with Gasteiger partial charge < -0.3 is 5.32 Å². The topological polar surface area (TPSA) is 79.3 Å². The van der Waals surface area contributed by atoms with Gasteiger partial charge in [-0.25, -0.2) is 0 Å². The van der Waals surface area contributed by atoms with Crippen LogP contribution in [0.1, 0.15) is 24.8 Å². The molecular formula is C10H15N5OS. The Bertz CT molecular complexity index is 428. The predicted molar refractivity (Wildman–Crippen MR) is 67.5 cm³/mol. The minimum Gasteiger partial charge on any atom is -0.366 e. The molecular weight excluding hydrogens is 238 g/mol. The Hall–Kier alpha value is -1.50. The van der Waals surface area contributed by atoms with Crippen molar-refractivity contribution in [1.29, 1.82) is 0 Å². The number of aliphatic imine (C=N–C) groups is 1. The second-order valence-electron chi connectivity index (χ2n) is 3.72. The van der Waals surface area contributed by atoms with Crippen molar-refractivity contribution in [1.82, 2.24) is 15.5 Å². The fourth-order valence-electron chi connectivity index (χ4n) is 1.46. The van der Waals surface area contributed by atoms with Gasteiger partial charge in [0.25, 0.3) is 5.91 Å². The van der Waals surface area contributed by atoms with E-state index in [-0.39, 0.29) is 5.91 Å². The van der Waals surface area contributed by atoms with Crippen LogP contribution in [-0.4, -0.2) is 35.0 Å². The fraction of sp³-hybridized carbons (Fsp3) is 0.600. The summed E-state index contributed by atoms with van der Waals surface area (Å²) >= 11 is 1.41. The number of hydrogen-bond acceptors (Lipinski definition) is 6. The van der Waals surface area contributed by atoms with E-state index in [0.29, 0.717) is 17.5 Å². The molecule has 17 heavy (non-hydrogen) atoms. The molecule has 0 fully saturated rings. The molecule has 0 saturated carbocycles. The fourth-order valence-corrected chi connectivity index (χ4v) is 2.30. The lowest BCUT2D eigenvalue weighted by Crippen LogP contribution is -2.39. The molecule has 0 aromatic carbocycles. The third-order valence-electron chi connectivity index (χ3n) is 2.26. The van der Waals surface area contributed by atoms with Crippen LogP contribution in [0.15, 0.2) is 4.99 Å². The monoisotopic (exact) mass is 253 g/mol. The number of amidine groups is 1. The number of anilines is 1. The summed E-state index contributed by atoms with van der Waals surface area (Å²) in [4.78, 5) is 15.9. The van der Waals surface area contributed by atoms with Gasteiger partial charge in [0.1, 0.15) is 5.01 Å². The molecule has 0 aliphatic carbocycles. The van der Waals surface area contributed by atoms with Gasteiger partial charge in [0.05, 0.1) is 0 Å². The molecule has 0 atom stereocenters. The molecule has 1 aliphatic heterocycles. The summed E-state index contributed by atoms with van der Waals surface area (Å²) in [6.45, 7) is 3.58. The first-order valence-corrected chi connectivity index (χ1v) is 6.53. The van der Waals surface area contributed by atoms with Gasteiger partial charge in [-0.2, -0.15) is 0 Å². The SMILES string of the molecule is CCCc1nnc(NC(=O)C2=NCCCN2)s1. The molecule has 1 aromatic rings. The van der Waals surface area contributed by atoms with Gasteiger partial charge in [0, 0.05) is 19.5 Å².